The number of halogens is 6. The highest BCUT2D eigenvalue weighted by molar-refractivity contribution is 5.73. The Balaban J connectivity index is 0.000000301. The zero-order valence-electron chi connectivity index (χ0n) is 20.3. The molecule has 2 atom stereocenters. The number of hydrogen-bond donors (Lipinski definition) is 3. The minimum absolute atomic E-state index is 0.0237. The molecular weight excluding hydrogens is 530 g/mol. The van der Waals surface area contributed by atoms with Crippen molar-refractivity contribution in [2.45, 2.75) is 56.1 Å². The standard InChI is InChI=1S/C18H28N4O2.2C2HF3O2/c1-5-18(14-22(8-1)12-15-3-9-23-10-4-15)11-16(13-24-18)21-17-19-6-2-7-20-17;2*3-2(4,5)1(6)7/h2,6-7,15-16H,1,3-5,8-14H2,(H,19,20,21);2*(H,6,7). The molecule has 3 aliphatic heterocycles. The second kappa shape index (κ2) is 13.9. The molecule has 3 N–H and O–H groups in total. The fourth-order valence-corrected chi connectivity index (χ4v) is 4.42. The molecule has 1 aromatic heterocycles. The topological polar surface area (TPSA) is 134 Å². The highest BCUT2D eigenvalue weighted by Gasteiger charge is 2.44. The van der Waals surface area contributed by atoms with Gasteiger partial charge in [0.25, 0.3) is 0 Å². The van der Waals surface area contributed by atoms with E-state index in [1.807, 2.05) is 6.07 Å². The fraction of sp³-hybridized carbons (Fsp3) is 0.727. The first-order valence-electron chi connectivity index (χ1n) is 11.8. The molecule has 38 heavy (non-hydrogen) atoms. The molecule has 16 heteroatoms. The monoisotopic (exact) mass is 560 g/mol. The molecule has 0 amide bonds. The Morgan fingerprint density at radius 3 is 2.13 bits per heavy atom. The van der Waals surface area contributed by atoms with Crippen molar-refractivity contribution in [2.24, 2.45) is 5.92 Å². The zero-order valence-corrected chi connectivity index (χ0v) is 20.3. The number of alkyl halides is 6. The Bertz CT molecular complexity index is 861. The van der Waals surface area contributed by atoms with Gasteiger partial charge in [0.2, 0.25) is 5.95 Å². The van der Waals surface area contributed by atoms with Gasteiger partial charge in [0.15, 0.2) is 0 Å². The number of nitrogens with zero attached hydrogens (tertiary/aromatic N) is 3. The lowest BCUT2D eigenvalue weighted by Gasteiger charge is -2.41. The van der Waals surface area contributed by atoms with Gasteiger partial charge in [-0.05, 0) is 44.2 Å². The summed E-state index contributed by atoms with van der Waals surface area (Å²) in [6, 6.07) is 2.16. The van der Waals surface area contributed by atoms with Gasteiger partial charge in [-0.25, -0.2) is 19.6 Å². The van der Waals surface area contributed by atoms with E-state index < -0.39 is 24.3 Å². The van der Waals surface area contributed by atoms with Crippen LogP contribution < -0.4 is 5.32 Å². The van der Waals surface area contributed by atoms with Crippen LogP contribution in [0, 0.1) is 5.92 Å². The summed E-state index contributed by atoms with van der Waals surface area (Å²) in [4.78, 5) is 29.0. The van der Waals surface area contributed by atoms with Crippen molar-refractivity contribution in [3.8, 4) is 0 Å². The summed E-state index contributed by atoms with van der Waals surface area (Å²) >= 11 is 0. The number of carboxylic acid groups (broad SMARTS) is 2. The van der Waals surface area contributed by atoms with Crippen LogP contribution in [0.1, 0.15) is 32.1 Å². The van der Waals surface area contributed by atoms with Crippen LogP contribution in [0.4, 0.5) is 32.3 Å². The number of rotatable bonds is 4. The van der Waals surface area contributed by atoms with E-state index in [-0.39, 0.29) is 5.60 Å². The smallest absolute Gasteiger partial charge is 0.475 e. The first-order chi connectivity index (χ1) is 17.7. The van der Waals surface area contributed by atoms with Crippen LogP contribution in [0.2, 0.25) is 0 Å². The maximum atomic E-state index is 10.6. The second-order valence-electron chi connectivity index (χ2n) is 9.11. The molecule has 4 rings (SSSR count). The van der Waals surface area contributed by atoms with E-state index in [1.54, 1.807) is 12.4 Å². The first kappa shape index (κ1) is 31.5. The molecule has 1 spiro atoms. The Morgan fingerprint density at radius 1 is 1.05 bits per heavy atom. The predicted molar refractivity (Wildman–Crippen MR) is 119 cm³/mol. The van der Waals surface area contributed by atoms with Crippen molar-refractivity contribution >= 4 is 17.9 Å². The van der Waals surface area contributed by atoms with E-state index in [9.17, 15) is 26.3 Å². The van der Waals surface area contributed by atoms with E-state index in [0.29, 0.717) is 12.0 Å². The van der Waals surface area contributed by atoms with Gasteiger partial charge in [0.1, 0.15) is 0 Å². The number of anilines is 1. The minimum atomic E-state index is -5.08. The molecule has 0 radical (unpaired) electrons. The van der Waals surface area contributed by atoms with E-state index in [2.05, 4.69) is 20.2 Å². The molecule has 10 nitrogen and oxygen atoms in total. The quantitative estimate of drug-likeness (QED) is 0.472. The normalized spacial score (nSPS) is 24.5. The van der Waals surface area contributed by atoms with Crippen LogP contribution in [-0.4, -0.2) is 100 Å². The van der Waals surface area contributed by atoms with Crippen LogP contribution in [0.15, 0.2) is 18.5 Å². The summed E-state index contributed by atoms with van der Waals surface area (Å²) in [5, 5.41) is 17.7. The van der Waals surface area contributed by atoms with Gasteiger partial charge in [0, 0.05) is 45.1 Å². The minimum Gasteiger partial charge on any atom is -0.475 e. The molecule has 3 aliphatic rings. The van der Waals surface area contributed by atoms with Gasteiger partial charge in [-0.1, -0.05) is 0 Å². The van der Waals surface area contributed by atoms with Gasteiger partial charge in [-0.3, -0.25) is 0 Å². The molecule has 0 aromatic carbocycles. The third-order valence-corrected chi connectivity index (χ3v) is 6.07. The molecule has 216 valence electrons. The highest BCUT2D eigenvalue weighted by Crippen LogP contribution is 2.36. The van der Waals surface area contributed by atoms with Crippen molar-refractivity contribution in [3.05, 3.63) is 18.5 Å². The fourth-order valence-electron chi connectivity index (χ4n) is 4.42. The summed E-state index contributed by atoms with van der Waals surface area (Å²) in [5.74, 6) is -4.01. The van der Waals surface area contributed by atoms with Crippen LogP contribution >= 0.6 is 0 Å². The lowest BCUT2D eigenvalue weighted by Crippen LogP contribution is -2.49. The lowest BCUT2D eigenvalue weighted by molar-refractivity contribution is -0.193. The van der Waals surface area contributed by atoms with Gasteiger partial charge in [-0.2, -0.15) is 26.3 Å². The molecular formula is C22H30F6N4O6. The summed E-state index contributed by atoms with van der Waals surface area (Å²) < 4.78 is 75.3. The second-order valence-corrected chi connectivity index (χ2v) is 9.11. The van der Waals surface area contributed by atoms with Crippen molar-refractivity contribution in [1.82, 2.24) is 14.9 Å². The maximum Gasteiger partial charge on any atom is 0.490 e. The van der Waals surface area contributed by atoms with Crippen LogP contribution in [-0.2, 0) is 19.1 Å². The van der Waals surface area contributed by atoms with Crippen molar-refractivity contribution in [3.63, 3.8) is 0 Å². The Hall–Kier alpha value is -2.72. The molecule has 0 aliphatic carbocycles. The number of aliphatic carboxylic acids is 2. The summed E-state index contributed by atoms with van der Waals surface area (Å²) in [6.07, 6.45) is -0.744. The Kier molecular flexibility index (Phi) is 11.5. The third kappa shape index (κ3) is 10.9. The first-order valence-corrected chi connectivity index (χ1v) is 11.8. The zero-order chi connectivity index (χ0) is 28.4. The molecule has 4 heterocycles. The lowest BCUT2D eigenvalue weighted by atomic mass is 9.87. The highest BCUT2D eigenvalue weighted by atomic mass is 19.4. The number of nitrogens with one attached hydrogen (secondary N) is 1. The number of carboxylic acids is 2. The van der Waals surface area contributed by atoms with Gasteiger partial charge >= 0.3 is 24.3 Å². The average molecular weight is 560 g/mol. The molecule has 3 saturated heterocycles. The number of piperidine rings is 1. The van der Waals surface area contributed by atoms with Gasteiger partial charge in [-0.15, -0.1) is 0 Å². The number of ether oxygens (including phenoxy) is 2. The summed E-state index contributed by atoms with van der Waals surface area (Å²) in [7, 11) is 0. The van der Waals surface area contributed by atoms with E-state index in [0.717, 1.165) is 38.7 Å². The van der Waals surface area contributed by atoms with Gasteiger partial charge < -0.3 is 29.9 Å². The molecule has 0 bridgehead atoms. The maximum absolute atomic E-state index is 10.6. The van der Waals surface area contributed by atoms with Crippen LogP contribution in [0.5, 0.6) is 0 Å². The van der Waals surface area contributed by atoms with E-state index in [4.69, 9.17) is 29.3 Å². The Morgan fingerprint density at radius 2 is 1.61 bits per heavy atom. The van der Waals surface area contributed by atoms with E-state index in [1.165, 1.54) is 38.8 Å². The third-order valence-electron chi connectivity index (χ3n) is 6.07. The average Bonchev–Trinajstić information content (AvgIpc) is 3.21. The van der Waals surface area contributed by atoms with Crippen molar-refractivity contribution in [2.75, 3.05) is 44.8 Å². The predicted octanol–water partition coefficient (Wildman–Crippen LogP) is 3.21. The van der Waals surface area contributed by atoms with E-state index >= 15 is 0 Å². The SMILES string of the molecule is O=C(O)C(F)(F)F.O=C(O)C(F)(F)F.c1cnc(NC2COC3(CCCN(CC4CCOCC4)C3)C2)nc1. The van der Waals surface area contributed by atoms with Crippen molar-refractivity contribution in [1.29, 1.82) is 0 Å². The summed E-state index contributed by atoms with van der Waals surface area (Å²) in [5.41, 5.74) is 0.0237. The van der Waals surface area contributed by atoms with Crippen LogP contribution in [0.3, 0.4) is 0 Å². The largest absolute Gasteiger partial charge is 0.490 e. The molecule has 2 unspecified atom stereocenters. The number of aromatic nitrogens is 2. The molecule has 1 aromatic rings. The van der Waals surface area contributed by atoms with Gasteiger partial charge in [0.05, 0.1) is 18.2 Å². The Labute approximate surface area is 214 Å². The number of hydrogen-bond acceptors (Lipinski definition) is 8. The number of likely N-dealkylation sites (tertiary alicyclic amines) is 1. The molecule has 3 fully saturated rings. The molecule has 0 saturated carbocycles. The number of carbonyl (C=O) groups is 2. The summed E-state index contributed by atoms with van der Waals surface area (Å²) in [6.45, 7) is 6.10. The van der Waals surface area contributed by atoms with Crippen LogP contribution in [0.25, 0.3) is 0 Å². The van der Waals surface area contributed by atoms with Crippen molar-refractivity contribution < 1.29 is 55.6 Å².